The number of aryl methyl sites for hydroxylation is 1. The Hall–Kier alpha value is -1.37. The van der Waals surface area contributed by atoms with Gasteiger partial charge in [-0.15, -0.1) is 22.9 Å². The number of hydrogen-bond acceptors (Lipinski definition) is 3. The van der Waals surface area contributed by atoms with E-state index < -0.39 is 0 Å². The molecular formula is C12H9ClN2S. The summed E-state index contributed by atoms with van der Waals surface area (Å²) in [5, 5.41) is 9.84. The Kier molecular flexibility index (Phi) is 3.23. The smallest absolute Gasteiger partial charge is 0.0991 e. The number of nitrogens with zero attached hydrogens (tertiary/aromatic N) is 2. The first-order valence-corrected chi connectivity index (χ1v) is 6.12. The van der Waals surface area contributed by atoms with Crippen LogP contribution in [0.15, 0.2) is 24.3 Å². The Balaban J connectivity index is 2.54. The lowest BCUT2D eigenvalue weighted by molar-refractivity contribution is 1.28. The molecule has 2 rings (SSSR count). The Morgan fingerprint density at radius 3 is 3.00 bits per heavy atom. The van der Waals surface area contributed by atoms with Crippen LogP contribution in [0.1, 0.15) is 15.4 Å². The topological polar surface area (TPSA) is 36.7 Å². The van der Waals surface area contributed by atoms with E-state index in [0.717, 1.165) is 21.1 Å². The molecule has 80 valence electrons. The van der Waals surface area contributed by atoms with Crippen LogP contribution < -0.4 is 0 Å². The van der Waals surface area contributed by atoms with E-state index in [1.54, 1.807) is 17.4 Å². The van der Waals surface area contributed by atoms with E-state index in [2.05, 4.69) is 11.1 Å². The fourth-order valence-electron chi connectivity index (χ4n) is 1.52. The molecule has 2 nitrogen and oxygen atoms in total. The highest BCUT2D eigenvalue weighted by molar-refractivity contribution is 7.12. The van der Waals surface area contributed by atoms with Gasteiger partial charge < -0.3 is 0 Å². The maximum absolute atomic E-state index is 8.85. The number of alkyl halides is 1. The van der Waals surface area contributed by atoms with E-state index >= 15 is 0 Å². The molecule has 2 aromatic rings. The first-order chi connectivity index (χ1) is 7.74. The molecular weight excluding hydrogens is 240 g/mol. The van der Waals surface area contributed by atoms with Crippen LogP contribution in [0.3, 0.4) is 0 Å². The molecule has 0 unspecified atom stereocenters. The van der Waals surface area contributed by atoms with E-state index in [1.807, 2.05) is 25.1 Å². The van der Waals surface area contributed by atoms with E-state index in [-0.39, 0.29) is 0 Å². The van der Waals surface area contributed by atoms with Crippen molar-refractivity contribution in [1.82, 2.24) is 4.98 Å². The highest BCUT2D eigenvalue weighted by atomic mass is 35.5. The highest BCUT2D eigenvalue weighted by Gasteiger charge is 2.10. The van der Waals surface area contributed by atoms with Gasteiger partial charge >= 0.3 is 0 Å². The summed E-state index contributed by atoms with van der Waals surface area (Å²) in [5.41, 5.74) is 2.50. The third-order valence-corrected chi connectivity index (χ3v) is 3.59. The largest absolute Gasteiger partial charge is 0.241 e. The van der Waals surface area contributed by atoms with Crippen LogP contribution in [-0.2, 0) is 5.88 Å². The number of nitriles is 1. The molecule has 0 spiro atoms. The molecule has 0 bridgehead atoms. The predicted molar refractivity (Wildman–Crippen MR) is 66.6 cm³/mol. The van der Waals surface area contributed by atoms with Crippen molar-refractivity contribution in [3.05, 3.63) is 39.7 Å². The van der Waals surface area contributed by atoms with E-state index in [0.29, 0.717) is 11.4 Å². The minimum absolute atomic E-state index is 0.456. The monoisotopic (exact) mass is 248 g/mol. The summed E-state index contributed by atoms with van der Waals surface area (Å²) < 4.78 is 0. The first-order valence-electron chi connectivity index (χ1n) is 4.77. The molecule has 0 saturated carbocycles. The summed E-state index contributed by atoms with van der Waals surface area (Å²) in [6.45, 7) is 1.96. The Labute approximate surface area is 103 Å². The average molecular weight is 249 g/mol. The zero-order valence-electron chi connectivity index (χ0n) is 8.70. The molecule has 1 aromatic carbocycles. The molecule has 0 N–H and O–H groups in total. The molecule has 0 atom stereocenters. The van der Waals surface area contributed by atoms with Crippen LogP contribution in [0.25, 0.3) is 11.3 Å². The lowest BCUT2D eigenvalue weighted by Gasteiger charge is -1.99. The minimum Gasteiger partial charge on any atom is -0.241 e. The van der Waals surface area contributed by atoms with Crippen LogP contribution in [0.5, 0.6) is 0 Å². The molecule has 1 aromatic heterocycles. The van der Waals surface area contributed by atoms with Gasteiger partial charge in [0.15, 0.2) is 0 Å². The molecule has 0 saturated heterocycles. The van der Waals surface area contributed by atoms with Gasteiger partial charge in [-0.2, -0.15) is 5.26 Å². The van der Waals surface area contributed by atoms with Gasteiger partial charge in [-0.05, 0) is 19.1 Å². The summed E-state index contributed by atoms with van der Waals surface area (Å²) in [5.74, 6) is 0.456. The van der Waals surface area contributed by atoms with Crippen molar-refractivity contribution in [2.24, 2.45) is 0 Å². The van der Waals surface area contributed by atoms with Crippen LogP contribution in [0.2, 0.25) is 0 Å². The Morgan fingerprint density at radius 2 is 2.31 bits per heavy atom. The lowest BCUT2D eigenvalue weighted by Crippen LogP contribution is -1.84. The van der Waals surface area contributed by atoms with Gasteiger partial charge in [0, 0.05) is 10.4 Å². The number of thiazole rings is 1. The van der Waals surface area contributed by atoms with Gasteiger partial charge in [0.25, 0.3) is 0 Å². The highest BCUT2D eigenvalue weighted by Crippen LogP contribution is 2.29. The molecule has 0 aliphatic heterocycles. The summed E-state index contributed by atoms with van der Waals surface area (Å²) >= 11 is 7.47. The second-order valence-electron chi connectivity index (χ2n) is 3.33. The van der Waals surface area contributed by atoms with Crippen molar-refractivity contribution in [3.63, 3.8) is 0 Å². The summed E-state index contributed by atoms with van der Waals surface area (Å²) in [6, 6.07) is 9.55. The zero-order chi connectivity index (χ0) is 11.5. The van der Waals surface area contributed by atoms with Crippen molar-refractivity contribution in [3.8, 4) is 17.3 Å². The van der Waals surface area contributed by atoms with Crippen LogP contribution >= 0.6 is 22.9 Å². The van der Waals surface area contributed by atoms with E-state index in [9.17, 15) is 0 Å². The molecule has 16 heavy (non-hydrogen) atoms. The summed E-state index contributed by atoms with van der Waals surface area (Å²) in [4.78, 5) is 5.50. The van der Waals surface area contributed by atoms with Crippen LogP contribution in [0.4, 0.5) is 0 Å². The van der Waals surface area contributed by atoms with Crippen molar-refractivity contribution >= 4 is 22.9 Å². The van der Waals surface area contributed by atoms with Gasteiger partial charge in [0.2, 0.25) is 0 Å². The minimum atomic E-state index is 0.456. The van der Waals surface area contributed by atoms with Gasteiger partial charge in [-0.3, -0.25) is 0 Å². The van der Waals surface area contributed by atoms with Gasteiger partial charge in [0.1, 0.15) is 0 Å². The van der Waals surface area contributed by atoms with Crippen LogP contribution in [0, 0.1) is 18.3 Å². The van der Waals surface area contributed by atoms with Crippen molar-refractivity contribution in [2.75, 3.05) is 0 Å². The zero-order valence-corrected chi connectivity index (χ0v) is 10.3. The van der Waals surface area contributed by atoms with Crippen molar-refractivity contribution in [2.45, 2.75) is 12.8 Å². The molecule has 0 radical (unpaired) electrons. The molecule has 0 amide bonds. The van der Waals surface area contributed by atoms with Crippen LogP contribution in [-0.4, -0.2) is 4.98 Å². The number of halogens is 1. The lowest BCUT2D eigenvalue weighted by atomic mass is 10.1. The second kappa shape index (κ2) is 4.65. The predicted octanol–water partition coefficient (Wildman–Crippen LogP) is 3.73. The normalized spacial score (nSPS) is 10.1. The van der Waals surface area contributed by atoms with Gasteiger partial charge in [-0.1, -0.05) is 12.1 Å². The molecule has 1 heterocycles. The number of aromatic nitrogens is 1. The number of rotatable bonds is 2. The quantitative estimate of drug-likeness (QED) is 0.760. The third-order valence-electron chi connectivity index (χ3n) is 2.19. The maximum Gasteiger partial charge on any atom is 0.0991 e. The Bertz CT molecular complexity index is 554. The molecule has 0 fully saturated rings. The average Bonchev–Trinajstić information content (AvgIpc) is 2.70. The fourth-order valence-corrected chi connectivity index (χ4v) is 2.62. The number of benzene rings is 1. The third kappa shape index (κ3) is 2.08. The molecule has 0 aliphatic carbocycles. The first kappa shape index (κ1) is 11.1. The SMILES string of the molecule is Cc1nc(-c2cccc(C#N)c2)c(CCl)s1. The summed E-state index contributed by atoms with van der Waals surface area (Å²) in [6.07, 6.45) is 0. The standard InChI is InChI=1S/C12H9ClN2S/c1-8-15-12(11(6-13)16-8)10-4-2-3-9(5-10)7-14/h2-5H,6H2,1H3. The second-order valence-corrected chi connectivity index (χ2v) is 4.89. The van der Waals surface area contributed by atoms with E-state index in [4.69, 9.17) is 16.9 Å². The van der Waals surface area contributed by atoms with Gasteiger partial charge in [0.05, 0.1) is 28.2 Å². The van der Waals surface area contributed by atoms with Gasteiger partial charge in [-0.25, -0.2) is 4.98 Å². The summed E-state index contributed by atoms with van der Waals surface area (Å²) in [7, 11) is 0. The molecule has 4 heteroatoms. The van der Waals surface area contributed by atoms with Crippen molar-refractivity contribution < 1.29 is 0 Å². The van der Waals surface area contributed by atoms with Crippen molar-refractivity contribution in [1.29, 1.82) is 5.26 Å². The Morgan fingerprint density at radius 1 is 1.50 bits per heavy atom. The maximum atomic E-state index is 8.85. The fraction of sp³-hybridized carbons (Fsp3) is 0.167. The molecule has 0 aliphatic rings. The van der Waals surface area contributed by atoms with E-state index in [1.165, 1.54) is 0 Å². The number of hydrogen-bond donors (Lipinski definition) is 0.